The number of ether oxygens (including phenoxy) is 2. The molecule has 0 bridgehead atoms. The van der Waals surface area contributed by atoms with E-state index in [0.29, 0.717) is 29.4 Å². The van der Waals surface area contributed by atoms with Gasteiger partial charge in [0.15, 0.2) is 0 Å². The van der Waals surface area contributed by atoms with E-state index in [-0.39, 0.29) is 5.57 Å². The molecule has 1 aliphatic heterocycles. The molecule has 1 aliphatic rings. The Morgan fingerprint density at radius 2 is 1.61 bits per heavy atom. The number of imide groups is 2. The minimum absolute atomic E-state index is 0.168. The van der Waals surface area contributed by atoms with Gasteiger partial charge in [-0.05, 0) is 48.9 Å². The fourth-order valence-corrected chi connectivity index (χ4v) is 3.38. The second kappa shape index (κ2) is 9.40. The normalized spacial score (nSPS) is 14.9. The lowest BCUT2D eigenvalue weighted by Gasteiger charge is -2.26. The zero-order valence-corrected chi connectivity index (χ0v) is 18.2. The van der Waals surface area contributed by atoms with Crippen LogP contribution in [0.4, 0.5) is 10.5 Å². The number of methoxy groups -OCH3 is 1. The van der Waals surface area contributed by atoms with Crippen molar-refractivity contribution in [3.63, 3.8) is 0 Å². The molecule has 1 fully saturated rings. The number of benzene rings is 3. The first-order valence-electron chi connectivity index (χ1n) is 10.3. The Morgan fingerprint density at radius 1 is 0.909 bits per heavy atom. The van der Waals surface area contributed by atoms with Gasteiger partial charge < -0.3 is 9.47 Å². The highest BCUT2D eigenvalue weighted by Crippen LogP contribution is 2.26. The minimum atomic E-state index is -0.810. The van der Waals surface area contributed by atoms with E-state index in [4.69, 9.17) is 9.47 Å². The zero-order chi connectivity index (χ0) is 23.4. The Labute approximate surface area is 191 Å². The zero-order valence-electron chi connectivity index (χ0n) is 18.2. The molecule has 0 aliphatic carbocycles. The van der Waals surface area contributed by atoms with Crippen LogP contribution in [0.2, 0.25) is 0 Å². The van der Waals surface area contributed by atoms with Gasteiger partial charge in [0.1, 0.15) is 23.7 Å². The third kappa shape index (κ3) is 4.77. The summed E-state index contributed by atoms with van der Waals surface area (Å²) in [6.07, 6.45) is 1.41. The van der Waals surface area contributed by atoms with Crippen molar-refractivity contribution in [1.29, 1.82) is 0 Å². The Bertz CT molecular complexity index is 1230. The molecule has 1 heterocycles. The standard InChI is InChI=1S/C26H22N2O5/c1-17-7-9-18(10-8-17)16-33-21-13-11-20(12-14-21)28-25(30)22(24(29)27-26(28)31)15-19-5-3-4-6-23(19)32-2/h3-15H,16H2,1-2H3,(H,27,29,31). The molecule has 7 heteroatoms. The van der Waals surface area contributed by atoms with Gasteiger partial charge >= 0.3 is 6.03 Å². The summed E-state index contributed by atoms with van der Waals surface area (Å²) in [5, 5.41) is 2.22. The van der Waals surface area contributed by atoms with Gasteiger partial charge in [0.05, 0.1) is 12.8 Å². The van der Waals surface area contributed by atoms with Gasteiger partial charge in [-0.1, -0.05) is 48.0 Å². The molecule has 3 aromatic carbocycles. The summed E-state index contributed by atoms with van der Waals surface area (Å²) in [5.74, 6) is -0.387. The predicted molar refractivity (Wildman–Crippen MR) is 124 cm³/mol. The third-order valence-electron chi connectivity index (χ3n) is 5.16. The van der Waals surface area contributed by atoms with Gasteiger partial charge in [0, 0.05) is 5.56 Å². The number of urea groups is 1. The van der Waals surface area contributed by atoms with E-state index in [1.807, 2.05) is 31.2 Å². The molecule has 0 spiro atoms. The lowest BCUT2D eigenvalue weighted by Crippen LogP contribution is -2.54. The number of carbonyl (C=O) groups excluding carboxylic acids is 3. The van der Waals surface area contributed by atoms with Crippen molar-refractivity contribution in [2.24, 2.45) is 0 Å². The van der Waals surface area contributed by atoms with Crippen LogP contribution in [0.3, 0.4) is 0 Å². The molecule has 0 unspecified atom stereocenters. The van der Waals surface area contributed by atoms with E-state index in [2.05, 4.69) is 5.32 Å². The van der Waals surface area contributed by atoms with Crippen molar-refractivity contribution in [2.45, 2.75) is 13.5 Å². The number of rotatable bonds is 6. The monoisotopic (exact) mass is 442 g/mol. The number of nitrogens with one attached hydrogen (secondary N) is 1. The van der Waals surface area contributed by atoms with Crippen LogP contribution in [0, 0.1) is 6.92 Å². The number of hydrogen-bond donors (Lipinski definition) is 1. The predicted octanol–water partition coefficient (Wildman–Crippen LogP) is 4.25. The molecule has 4 amide bonds. The van der Waals surface area contributed by atoms with Crippen LogP contribution in [0.5, 0.6) is 11.5 Å². The summed E-state index contributed by atoms with van der Waals surface area (Å²) in [6.45, 7) is 2.41. The van der Waals surface area contributed by atoms with Crippen molar-refractivity contribution in [2.75, 3.05) is 12.0 Å². The van der Waals surface area contributed by atoms with Crippen LogP contribution < -0.4 is 19.7 Å². The minimum Gasteiger partial charge on any atom is -0.496 e. The van der Waals surface area contributed by atoms with Gasteiger partial charge in [-0.15, -0.1) is 0 Å². The topological polar surface area (TPSA) is 84.9 Å². The molecule has 3 aromatic rings. The number of hydrogen-bond acceptors (Lipinski definition) is 5. The second-order valence-electron chi connectivity index (χ2n) is 7.47. The van der Waals surface area contributed by atoms with Gasteiger partial charge in [-0.2, -0.15) is 0 Å². The van der Waals surface area contributed by atoms with Crippen LogP contribution in [0.25, 0.3) is 6.08 Å². The maximum Gasteiger partial charge on any atom is 0.335 e. The van der Waals surface area contributed by atoms with E-state index in [9.17, 15) is 14.4 Å². The first-order chi connectivity index (χ1) is 16.0. The van der Waals surface area contributed by atoms with Crippen molar-refractivity contribution in [1.82, 2.24) is 5.32 Å². The van der Waals surface area contributed by atoms with Crippen LogP contribution in [0.15, 0.2) is 78.4 Å². The summed E-state index contributed by atoms with van der Waals surface area (Å²) in [5.41, 5.74) is 2.90. The number of amides is 4. The SMILES string of the molecule is COc1ccccc1C=C1C(=O)NC(=O)N(c2ccc(OCc3ccc(C)cc3)cc2)C1=O. The van der Waals surface area contributed by atoms with Crippen molar-refractivity contribution in [3.8, 4) is 11.5 Å². The highest BCUT2D eigenvalue weighted by molar-refractivity contribution is 6.39. The third-order valence-corrected chi connectivity index (χ3v) is 5.16. The number of aryl methyl sites for hydroxylation is 1. The molecular weight excluding hydrogens is 420 g/mol. The molecule has 0 radical (unpaired) electrons. The first kappa shape index (κ1) is 21.8. The van der Waals surface area contributed by atoms with Gasteiger partial charge in [-0.3, -0.25) is 14.9 Å². The van der Waals surface area contributed by atoms with Crippen LogP contribution >= 0.6 is 0 Å². The molecule has 7 nitrogen and oxygen atoms in total. The number of carbonyl (C=O) groups is 3. The van der Waals surface area contributed by atoms with E-state index >= 15 is 0 Å². The molecule has 0 aromatic heterocycles. The average molecular weight is 442 g/mol. The number of anilines is 1. The van der Waals surface area contributed by atoms with Crippen molar-refractivity contribution >= 4 is 29.6 Å². The first-order valence-corrected chi connectivity index (χ1v) is 10.3. The fourth-order valence-electron chi connectivity index (χ4n) is 3.38. The van der Waals surface area contributed by atoms with E-state index in [1.54, 1.807) is 48.5 Å². The Balaban J connectivity index is 1.54. The van der Waals surface area contributed by atoms with Crippen LogP contribution in [0.1, 0.15) is 16.7 Å². The average Bonchev–Trinajstić information content (AvgIpc) is 2.82. The summed E-state index contributed by atoms with van der Waals surface area (Å²) in [7, 11) is 1.50. The molecule has 166 valence electrons. The number of para-hydroxylation sites is 1. The maximum absolute atomic E-state index is 13.1. The Kier molecular flexibility index (Phi) is 6.22. The highest BCUT2D eigenvalue weighted by atomic mass is 16.5. The van der Waals surface area contributed by atoms with E-state index < -0.39 is 17.8 Å². The fraction of sp³-hybridized carbons (Fsp3) is 0.115. The largest absolute Gasteiger partial charge is 0.496 e. The van der Waals surface area contributed by atoms with Gasteiger partial charge in [0.25, 0.3) is 11.8 Å². The Morgan fingerprint density at radius 3 is 2.30 bits per heavy atom. The second-order valence-corrected chi connectivity index (χ2v) is 7.47. The van der Waals surface area contributed by atoms with Crippen LogP contribution in [-0.4, -0.2) is 25.0 Å². The van der Waals surface area contributed by atoms with E-state index in [1.165, 1.54) is 18.7 Å². The molecule has 4 rings (SSSR count). The van der Waals surface area contributed by atoms with E-state index in [0.717, 1.165) is 10.5 Å². The molecule has 0 saturated carbocycles. The van der Waals surface area contributed by atoms with Crippen molar-refractivity contribution < 1.29 is 23.9 Å². The molecular formula is C26H22N2O5. The quantitative estimate of drug-likeness (QED) is 0.456. The van der Waals surface area contributed by atoms with Crippen molar-refractivity contribution in [3.05, 3.63) is 95.1 Å². The number of barbiturate groups is 1. The lowest BCUT2D eigenvalue weighted by molar-refractivity contribution is -0.122. The van der Waals surface area contributed by atoms with Crippen LogP contribution in [-0.2, 0) is 16.2 Å². The molecule has 33 heavy (non-hydrogen) atoms. The van der Waals surface area contributed by atoms with Gasteiger partial charge in [0.2, 0.25) is 0 Å². The summed E-state index contributed by atoms with van der Waals surface area (Å²) in [4.78, 5) is 38.8. The molecule has 1 N–H and O–H groups in total. The lowest BCUT2D eigenvalue weighted by atomic mass is 10.1. The summed E-state index contributed by atoms with van der Waals surface area (Å²) >= 11 is 0. The maximum atomic E-state index is 13.1. The molecule has 0 atom stereocenters. The highest BCUT2D eigenvalue weighted by Gasteiger charge is 2.37. The smallest absolute Gasteiger partial charge is 0.335 e. The Hall–Kier alpha value is -4.39. The number of nitrogens with zero attached hydrogens (tertiary/aromatic N) is 1. The molecule has 1 saturated heterocycles. The summed E-state index contributed by atoms with van der Waals surface area (Å²) in [6, 6.07) is 20.7. The summed E-state index contributed by atoms with van der Waals surface area (Å²) < 4.78 is 11.1. The van der Waals surface area contributed by atoms with Gasteiger partial charge in [-0.25, -0.2) is 9.69 Å².